The van der Waals surface area contributed by atoms with Gasteiger partial charge in [0.05, 0.1) is 5.69 Å². The van der Waals surface area contributed by atoms with E-state index in [1.54, 1.807) is 0 Å². The zero-order chi connectivity index (χ0) is 15.7. The van der Waals surface area contributed by atoms with Crippen LogP contribution in [0.15, 0.2) is 18.2 Å². The molecule has 1 saturated carbocycles. The zero-order valence-corrected chi connectivity index (χ0v) is 14.3. The van der Waals surface area contributed by atoms with Gasteiger partial charge in [0.25, 0.3) is 0 Å². The van der Waals surface area contributed by atoms with Gasteiger partial charge in [0.1, 0.15) is 0 Å². The van der Waals surface area contributed by atoms with E-state index in [2.05, 4.69) is 49.8 Å². The molecule has 3 heteroatoms. The summed E-state index contributed by atoms with van der Waals surface area (Å²) in [5, 5.41) is 0. The topological polar surface area (TPSA) is 42.1 Å². The van der Waals surface area contributed by atoms with Gasteiger partial charge in [-0.15, -0.1) is 0 Å². The summed E-state index contributed by atoms with van der Waals surface area (Å²) >= 11 is 0. The first-order valence-electron chi connectivity index (χ1n) is 8.10. The Morgan fingerprint density at radius 2 is 2.05 bits per heavy atom. The number of pyridine rings is 1. The molecule has 2 atom stereocenters. The fraction of sp³-hybridized carbons (Fsp3) is 0.722. The van der Waals surface area contributed by atoms with E-state index in [0.717, 1.165) is 30.4 Å². The van der Waals surface area contributed by atoms with E-state index in [1.165, 1.54) is 19.3 Å². The smallest absolute Gasteiger partial charge is 0.0547 e. The average molecular weight is 289 g/mol. The Balaban J connectivity index is 2.19. The van der Waals surface area contributed by atoms with Crippen LogP contribution in [0.4, 0.5) is 0 Å². The van der Waals surface area contributed by atoms with Crippen LogP contribution in [-0.2, 0) is 6.54 Å². The summed E-state index contributed by atoms with van der Waals surface area (Å²) in [4.78, 5) is 7.10. The molecule has 1 heterocycles. The van der Waals surface area contributed by atoms with Gasteiger partial charge in [0.15, 0.2) is 0 Å². The van der Waals surface area contributed by atoms with E-state index in [-0.39, 0.29) is 5.54 Å². The minimum atomic E-state index is 0.104. The third-order valence-corrected chi connectivity index (χ3v) is 4.97. The number of aryl methyl sites for hydroxylation is 1. The van der Waals surface area contributed by atoms with Crippen molar-refractivity contribution in [3.63, 3.8) is 0 Å². The minimum Gasteiger partial charge on any atom is -0.329 e. The molecule has 0 aliphatic heterocycles. The molecule has 2 unspecified atom stereocenters. The van der Waals surface area contributed by atoms with Crippen LogP contribution in [-0.4, -0.2) is 29.0 Å². The molecule has 1 aliphatic rings. The van der Waals surface area contributed by atoms with Crippen LogP contribution in [0.25, 0.3) is 0 Å². The van der Waals surface area contributed by atoms with Crippen molar-refractivity contribution in [2.24, 2.45) is 17.1 Å². The Kier molecular flexibility index (Phi) is 4.74. The van der Waals surface area contributed by atoms with Crippen molar-refractivity contribution in [3.8, 4) is 0 Å². The van der Waals surface area contributed by atoms with Gasteiger partial charge in [0.2, 0.25) is 0 Å². The van der Waals surface area contributed by atoms with Gasteiger partial charge in [-0.1, -0.05) is 26.8 Å². The third kappa shape index (κ3) is 3.83. The molecule has 21 heavy (non-hydrogen) atoms. The van der Waals surface area contributed by atoms with Crippen molar-refractivity contribution < 1.29 is 0 Å². The molecule has 2 rings (SSSR count). The van der Waals surface area contributed by atoms with Crippen molar-refractivity contribution >= 4 is 0 Å². The van der Waals surface area contributed by atoms with E-state index in [4.69, 9.17) is 5.73 Å². The van der Waals surface area contributed by atoms with E-state index < -0.39 is 0 Å². The van der Waals surface area contributed by atoms with Gasteiger partial charge in [-0.25, -0.2) is 0 Å². The van der Waals surface area contributed by atoms with Gasteiger partial charge in [0, 0.05) is 24.3 Å². The average Bonchev–Trinajstić information content (AvgIpc) is 2.36. The lowest BCUT2D eigenvalue weighted by atomic mass is 9.63. The number of likely N-dealkylation sites (N-methyl/N-ethyl adjacent to an activating group) is 1. The molecule has 0 aromatic carbocycles. The van der Waals surface area contributed by atoms with Gasteiger partial charge in [-0.3, -0.25) is 9.88 Å². The van der Waals surface area contributed by atoms with Crippen LogP contribution in [0.1, 0.15) is 51.4 Å². The summed E-state index contributed by atoms with van der Waals surface area (Å²) < 4.78 is 0. The first kappa shape index (κ1) is 16.4. The number of nitrogens with zero attached hydrogens (tertiary/aromatic N) is 2. The number of aromatic nitrogens is 1. The predicted molar refractivity (Wildman–Crippen MR) is 89.0 cm³/mol. The maximum atomic E-state index is 6.24. The highest BCUT2D eigenvalue weighted by Gasteiger charge is 2.44. The molecule has 1 aromatic heterocycles. The second kappa shape index (κ2) is 6.05. The first-order valence-corrected chi connectivity index (χ1v) is 8.10. The number of hydrogen-bond donors (Lipinski definition) is 1. The molecule has 0 bridgehead atoms. The summed E-state index contributed by atoms with van der Waals surface area (Å²) in [5.41, 5.74) is 8.94. The Morgan fingerprint density at radius 1 is 1.33 bits per heavy atom. The molecule has 0 saturated heterocycles. The molecule has 1 fully saturated rings. The molecule has 1 aromatic rings. The number of nitrogens with two attached hydrogens (primary N) is 1. The fourth-order valence-corrected chi connectivity index (χ4v) is 4.40. The molecule has 0 radical (unpaired) electrons. The summed E-state index contributed by atoms with van der Waals surface area (Å²) in [6, 6.07) is 6.26. The Morgan fingerprint density at radius 3 is 2.62 bits per heavy atom. The standard InChI is InChI=1S/C18H31N3/c1-14-9-17(3,4)12-18(10-14,13-19)21(5)11-16-8-6-7-15(2)20-16/h6-8,14H,9-13,19H2,1-5H3. The zero-order valence-electron chi connectivity index (χ0n) is 14.3. The van der Waals surface area contributed by atoms with Crippen LogP contribution in [0, 0.1) is 18.3 Å². The Hall–Kier alpha value is -0.930. The van der Waals surface area contributed by atoms with Crippen molar-refractivity contribution in [2.75, 3.05) is 13.6 Å². The maximum absolute atomic E-state index is 6.24. The maximum Gasteiger partial charge on any atom is 0.0547 e. The van der Waals surface area contributed by atoms with Crippen LogP contribution >= 0.6 is 0 Å². The molecule has 2 N–H and O–H groups in total. The Labute approximate surface area is 129 Å². The van der Waals surface area contributed by atoms with E-state index >= 15 is 0 Å². The molecule has 0 spiro atoms. The molecular formula is C18H31N3. The van der Waals surface area contributed by atoms with Crippen LogP contribution < -0.4 is 5.73 Å². The lowest BCUT2D eigenvalue weighted by Crippen LogP contribution is -2.57. The van der Waals surface area contributed by atoms with Gasteiger partial charge < -0.3 is 5.73 Å². The molecular weight excluding hydrogens is 258 g/mol. The highest BCUT2D eigenvalue weighted by Crippen LogP contribution is 2.46. The fourth-order valence-electron chi connectivity index (χ4n) is 4.40. The highest BCUT2D eigenvalue weighted by molar-refractivity contribution is 5.11. The predicted octanol–water partition coefficient (Wildman–Crippen LogP) is 3.37. The monoisotopic (exact) mass is 289 g/mol. The second-order valence-electron chi connectivity index (χ2n) is 7.91. The van der Waals surface area contributed by atoms with Crippen molar-refractivity contribution in [3.05, 3.63) is 29.6 Å². The normalized spacial score (nSPS) is 28.8. The third-order valence-electron chi connectivity index (χ3n) is 4.97. The SMILES string of the molecule is Cc1cccc(CN(C)C2(CN)CC(C)CC(C)(C)C2)n1. The van der Waals surface area contributed by atoms with Crippen LogP contribution in [0.5, 0.6) is 0 Å². The van der Waals surface area contributed by atoms with E-state index in [1.807, 2.05) is 13.0 Å². The lowest BCUT2D eigenvalue weighted by Gasteiger charge is -2.52. The summed E-state index contributed by atoms with van der Waals surface area (Å²) in [7, 11) is 2.21. The van der Waals surface area contributed by atoms with Gasteiger partial charge in [-0.2, -0.15) is 0 Å². The van der Waals surface area contributed by atoms with Crippen molar-refractivity contribution in [2.45, 2.75) is 59.0 Å². The van der Waals surface area contributed by atoms with Gasteiger partial charge in [-0.05, 0) is 56.7 Å². The number of rotatable bonds is 4. The van der Waals surface area contributed by atoms with Crippen molar-refractivity contribution in [1.29, 1.82) is 0 Å². The van der Waals surface area contributed by atoms with E-state index in [9.17, 15) is 0 Å². The summed E-state index contributed by atoms with van der Waals surface area (Å²) in [5.74, 6) is 0.727. The molecule has 118 valence electrons. The number of hydrogen-bond acceptors (Lipinski definition) is 3. The lowest BCUT2D eigenvalue weighted by molar-refractivity contribution is -0.00174. The highest BCUT2D eigenvalue weighted by atomic mass is 15.2. The van der Waals surface area contributed by atoms with Gasteiger partial charge >= 0.3 is 0 Å². The molecule has 0 amide bonds. The molecule has 3 nitrogen and oxygen atoms in total. The largest absolute Gasteiger partial charge is 0.329 e. The second-order valence-corrected chi connectivity index (χ2v) is 7.91. The minimum absolute atomic E-state index is 0.104. The van der Waals surface area contributed by atoms with Crippen LogP contribution in [0.2, 0.25) is 0 Å². The summed E-state index contributed by atoms with van der Waals surface area (Å²) in [6.45, 7) is 10.8. The van der Waals surface area contributed by atoms with Crippen molar-refractivity contribution in [1.82, 2.24) is 9.88 Å². The Bertz CT molecular complexity index is 483. The quantitative estimate of drug-likeness (QED) is 0.924. The first-order chi connectivity index (χ1) is 9.76. The summed E-state index contributed by atoms with van der Waals surface area (Å²) in [6.07, 6.45) is 3.66. The van der Waals surface area contributed by atoms with E-state index in [0.29, 0.717) is 5.41 Å². The van der Waals surface area contributed by atoms with Crippen LogP contribution in [0.3, 0.4) is 0 Å². The molecule has 1 aliphatic carbocycles.